The number of nitrogens with zero attached hydrogens (tertiary/aromatic N) is 1. The first-order chi connectivity index (χ1) is 10.5. The van der Waals surface area contributed by atoms with E-state index in [0.717, 1.165) is 23.4 Å². The van der Waals surface area contributed by atoms with Crippen LogP contribution in [0.15, 0.2) is 42.5 Å². The molecule has 1 heterocycles. The van der Waals surface area contributed by atoms with Crippen molar-refractivity contribution < 1.29 is 13.2 Å². The van der Waals surface area contributed by atoms with Gasteiger partial charge in [0.2, 0.25) is 0 Å². The summed E-state index contributed by atoms with van der Waals surface area (Å²) in [4.78, 5) is 0. The van der Waals surface area contributed by atoms with E-state index in [4.69, 9.17) is 4.74 Å². The van der Waals surface area contributed by atoms with Crippen LogP contribution in [0.4, 0.5) is 5.69 Å². The molecule has 1 aliphatic heterocycles. The number of rotatable bonds is 4. The van der Waals surface area contributed by atoms with Crippen LogP contribution in [0.2, 0.25) is 0 Å². The quantitative estimate of drug-likeness (QED) is 0.731. The summed E-state index contributed by atoms with van der Waals surface area (Å²) in [5, 5.41) is 0. The molecule has 0 spiro atoms. The molecule has 0 unspecified atom stereocenters. The van der Waals surface area contributed by atoms with E-state index in [-0.39, 0.29) is 15.0 Å². The van der Waals surface area contributed by atoms with Gasteiger partial charge in [0.25, 0.3) is 0 Å². The van der Waals surface area contributed by atoms with Gasteiger partial charge < -0.3 is 0 Å². The Bertz CT molecular complexity index is 788. The molecule has 0 N–H and O–H groups in total. The maximum absolute atomic E-state index is 11.8. The van der Waals surface area contributed by atoms with E-state index in [1.165, 1.54) is 19.5 Å². The second kappa shape index (κ2) is 5.95. The molecule has 2 aromatic rings. The molecular formula is C16H17NO3SSe. The molecule has 0 bridgehead atoms. The van der Waals surface area contributed by atoms with Gasteiger partial charge in [-0.1, -0.05) is 0 Å². The Morgan fingerprint density at radius 3 is 2.41 bits per heavy atom. The van der Waals surface area contributed by atoms with Crippen LogP contribution in [0, 0.1) is 0 Å². The van der Waals surface area contributed by atoms with E-state index >= 15 is 0 Å². The third-order valence-corrected chi connectivity index (χ3v) is 6.87. The van der Waals surface area contributed by atoms with Crippen molar-refractivity contribution in [3.8, 4) is 5.75 Å². The van der Waals surface area contributed by atoms with Crippen LogP contribution in [0.3, 0.4) is 0 Å². The van der Waals surface area contributed by atoms with E-state index in [1.54, 1.807) is 7.11 Å². The van der Waals surface area contributed by atoms with Crippen molar-refractivity contribution in [3.05, 3.63) is 48.0 Å². The molecule has 0 amide bonds. The number of sulfonamides is 1. The molecule has 0 aromatic heterocycles. The molecule has 2 aromatic carbocycles. The number of anilines is 1. The third kappa shape index (κ3) is 3.14. The zero-order valence-corrected chi connectivity index (χ0v) is 15.0. The fourth-order valence-electron chi connectivity index (χ4n) is 2.54. The van der Waals surface area contributed by atoms with Gasteiger partial charge in [0.05, 0.1) is 0 Å². The molecule has 4 nitrogen and oxygen atoms in total. The van der Waals surface area contributed by atoms with Crippen molar-refractivity contribution >= 4 is 39.6 Å². The van der Waals surface area contributed by atoms with Crippen LogP contribution in [0.1, 0.15) is 5.56 Å². The summed E-state index contributed by atoms with van der Waals surface area (Å²) < 4.78 is 32.7. The van der Waals surface area contributed by atoms with E-state index in [0.29, 0.717) is 6.54 Å². The molecule has 0 saturated carbocycles. The second-order valence-corrected chi connectivity index (χ2v) is 9.47. The SMILES string of the molecule is COc1ccc([Se]c2ccc3c(c2)CCN3S(C)(=O)=O)cc1. The minimum absolute atomic E-state index is 0.208. The number of benzene rings is 2. The van der Waals surface area contributed by atoms with E-state index in [9.17, 15) is 8.42 Å². The Hall–Kier alpha value is -1.49. The van der Waals surface area contributed by atoms with Crippen LogP contribution >= 0.6 is 0 Å². The molecule has 0 saturated heterocycles. The minimum atomic E-state index is -3.17. The van der Waals surface area contributed by atoms with Crippen LogP contribution < -0.4 is 18.0 Å². The summed E-state index contributed by atoms with van der Waals surface area (Å²) in [5.41, 5.74) is 1.95. The number of hydrogen-bond acceptors (Lipinski definition) is 3. The Balaban J connectivity index is 1.82. The molecule has 3 rings (SSSR count). The first-order valence-corrected chi connectivity index (χ1v) is 10.5. The predicted molar refractivity (Wildman–Crippen MR) is 90.4 cm³/mol. The van der Waals surface area contributed by atoms with E-state index in [2.05, 4.69) is 18.2 Å². The molecular weight excluding hydrogens is 365 g/mol. The van der Waals surface area contributed by atoms with Gasteiger partial charge in [-0.25, -0.2) is 0 Å². The van der Waals surface area contributed by atoms with E-state index < -0.39 is 10.0 Å². The van der Waals surface area contributed by atoms with Crippen LogP contribution in [0.25, 0.3) is 0 Å². The fourth-order valence-corrected chi connectivity index (χ4v) is 5.34. The summed E-state index contributed by atoms with van der Waals surface area (Å²) >= 11 is 0.208. The number of fused-ring (bicyclic) bond motifs is 1. The Morgan fingerprint density at radius 2 is 1.77 bits per heavy atom. The van der Waals surface area contributed by atoms with Gasteiger partial charge in [-0.2, -0.15) is 0 Å². The van der Waals surface area contributed by atoms with Crippen LogP contribution in [-0.4, -0.2) is 43.3 Å². The number of ether oxygens (including phenoxy) is 1. The fraction of sp³-hybridized carbons (Fsp3) is 0.250. The van der Waals surface area contributed by atoms with Gasteiger partial charge in [-0.05, 0) is 0 Å². The third-order valence-electron chi connectivity index (χ3n) is 3.60. The first-order valence-electron chi connectivity index (χ1n) is 6.90. The molecule has 1 aliphatic rings. The molecule has 6 heteroatoms. The summed E-state index contributed by atoms with van der Waals surface area (Å²) in [7, 11) is -1.51. The molecule has 0 aliphatic carbocycles. The summed E-state index contributed by atoms with van der Waals surface area (Å²) in [6.45, 7) is 0.549. The van der Waals surface area contributed by atoms with Crippen molar-refractivity contribution in [2.24, 2.45) is 0 Å². The monoisotopic (exact) mass is 383 g/mol. The van der Waals surface area contributed by atoms with E-state index in [1.807, 2.05) is 24.3 Å². The normalized spacial score (nSPS) is 14.0. The Kier molecular flexibility index (Phi) is 4.17. The molecule has 22 heavy (non-hydrogen) atoms. The zero-order chi connectivity index (χ0) is 15.7. The van der Waals surface area contributed by atoms with Gasteiger partial charge >= 0.3 is 137 Å². The standard InChI is InChI=1S/C16H17NO3SSe/c1-20-13-3-5-14(6-4-13)22-15-7-8-16-12(11-15)9-10-17(16)21(2,18)19/h3-8,11H,9-10H2,1-2H3. The summed E-state index contributed by atoms with van der Waals surface area (Å²) in [6, 6.07) is 14.2. The van der Waals surface area contributed by atoms with Crippen LogP contribution in [-0.2, 0) is 16.4 Å². The maximum atomic E-state index is 11.8. The topological polar surface area (TPSA) is 46.6 Å². The van der Waals surface area contributed by atoms with Crippen molar-refractivity contribution in [2.75, 3.05) is 24.2 Å². The van der Waals surface area contributed by atoms with Gasteiger partial charge in [-0.3, -0.25) is 0 Å². The Labute approximate surface area is 137 Å². The van der Waals surface area contributed by atoms with Crippen molar-refractivity contribution in [2.45, 2.75) is 6.42 Å². The van der Waals surface area contributed by atoms with Gasteiger partial charge in [-0.15, -0.1) is 0 Å². The first kappa shape index (κ1) is 15.4. The second-order valence-electron chi connectivity index (χ2n) is 5.15. The molecule has 116 valence electrons. The Morgan fingerprint density at radius 1 is 1.09 bits per heavy atom. The molecule has 0 fully saturated rings. The summed E-state index contributed by atoms with van der Waals surface area (Å²) in [6.07, 6.45) is 2.05. The molecule has 0 atom stereocenters. The van der Waals surface area contributed by atoms with Gasteiger partial charge in [0.15, 0.2) is 0 Å². The number of hydrogen-bond donors (Lipinski definition) is 0. The number of methoxy groups -OCH3 is 1. The van der Waals surface area contributed by atoms with Crippen LogP contribution in [0.5, 0.6) is 5.75 Å². The van der Waals surface area contributed by atoms with Crippen molar-refractivity contribution in [3.63, 3.8) is 0 Å². The van der Waals surface area contributed by atoms with Gasteiger partial charge in [0, 0.05) is 0 Å². The van der Waals surface area contributed by atoms with Crippen molar-refractivity contribution in [1.82, 2.24) is 0 Å². The predicted octanol–water partition coefficient (Wildman–Crippen LogP) is 0.672. The average Bonchev–Trinajstić information content (AvgIpc) is 2.91. The molecule has 0 radical (unpaired) electrons. The van der Waals surface area contributed by atoms with Gasteiger partial charge in [0.1, 0.15) is 0 Å². The van der Waals surface area contributed by atoms with Crippen molar-refractivity contribution in [1.29, 1.82) is 0 Å². The summed E-state index contributed by atoms with van der Waals surface area (Å²) in [5.74, 6) is 0.859. The average molecular weight is 382 g/mol. The zero-order valence-electron chi connectivity index (χ0n) is 12.4.